The van der Waals surface area contributed by atoms with E-state index in [9.17, 15) is 22.8 Å². The second-order valence-electron chi connectivity index (χ2n) is 6.06. The van der Waals surface area contributed by atoms with E-state index in [-0.39, 0.29) is 22.6 Å². The zero-order valence-corrected chi connectivity index (χ0v) is 14.6. The van der Waals surface area contributed by atoms with Crippen LogP contribution < -0.4 is 10.5 Å². The van der Waals surface area contributed by atoms with Crippen molar-refractivity contribution in [3.8, 4) is 5.75 Å². The van der Waals surface area contributed by atoms with Gasteiger partial charge in [0.2, 0.25) is 5.78 Å². The fourth-order valence-electron chi connectivity index (χ4n) is 2.68. The molecule has 26 heavy (non-hydrogen) atoms. The van der Waals surface area contributed by atoms with Crippen LogP contribution in [0.2, 0.25) is 0 Å². The van der Waals surface area contributed by atoms with E-state index in [0.29, 0.717) is 5.69 Å². The lowest BCUT2D eigenvalue weighted by atomic mass is 10.1. The van der Waals surface area contributed by atoms with Crippen LogP contribution in [0, 0.1) is 20.8 Å². The zero-order valence-electron chi connectivity index (χ0n) is 14.6. The lowest BCUT2D eigenvalue weighted by molar-refractivity contribution is -0.141. The molecule has 2 N–H and O–H groups in total. The Bertz CT molecular complexity index is 854. The quantitative estimate of drug-likeness (QED) is 0.795. The highest BCUT2D eigenvalue weighted by atomic mass is 19.4. The van der Waals surface area contributed by atoms with Crippen molar-refractivity contribution in [1.29, 1.82) is 0 Å². The number of Topliss-reactive ketones (excluding diaryl/α,β-unsaturated/α-hetero) is 1. The van der Waals surface area contributed by atoms with Gasteiger partial charge in [-0.2, -0.15) is 13.2 Å². The van der Waals surface area contributed by atoms with E-state index in [0.717, 1.165) is 10.1 Å². The van der Waals surface area contributed by atoms with Crippen LogP contribution in [0.5, 0.6) is 5.75 Å². The van der Waals surface area contributed by atoms with Gasteiger partial charge in [-0.25, -0.2) is 0 Å². The molecule has 0 radical (unpaired) electrons. The van der Waals surface area contributed by atoms with Crippen molar-refractivity contribution in [1.82, 2.24) is 4.57 Å². The first-order chi connectivity index (χ1) is 12.0. The number of hydrogen-bond acceptors (Lipinski definition) is 3. The summed E-state index contributed by atoms with van der Waals surface area (Å²) < 4.78 is 44.4. The van der Waals surface area contributed by atoms with Crippen molar-refractivity contribution in [2.75, 3.05) is 6.61 Å². The maximum atomic E-state index is 12.7. The SMILES string of the molecule is Cc1ccc(C(N)=O)c(OCC(=O)c2cc(C)n(CC(F)(F)F)c2C)c1. The molecule has 0 saturated carbocycles. The molecule has 0 saturated heterocycles. The first-order valence-corrected chi connectivity index (χ1v) is 7.79. The Morgan fingerprint density at radius 3 is 2.35 bits per heavy atom. The van der Waals surface area contributed by atoms with Crippen LogP contribution in [0.4, 0.5) is 13.2 Å². The van der Waals surface area contributed by atoms with Crippen LogP contribution in [0.1, 0.15) is 37.7 Å². The van der Waals surface area contributed by atoms with E-state index in [2.05, 4.69) is 0 Å². The van der Waals surface area contributed by atoms with Gasteiger partial charge in [0.1, 0.15) is 12.3 Å². The summed E-state index contributed by atoms with van der Waals surface area (Å²) in [6, 6.07) is 6.14. The number of benzene rings is 1. The molecule has 2 rings (SSSR count). The van der Waals surface area contributed by atoms with Crippen LogP contribution in [0.15, 0.2) is 24.3 Å². The van der Waals surface area contributed by atoms with Gasteiger partial charge < -0.3 is 15.0 Å². The number of nitrogens with two attached hydrogens (primary N) is 1. The lowest BCUT2D eigenvalue weighted by Crippen LogP contribution is -2.20. The van der Waals surface area contributed by atoms with Crippen molar-refractivity contribution in [2.45, 2.75) is 33.5 Å². The number of aryl methyl sites for hydroxylation is 2. The van der Waals surface area contributed by atoms with Gasteiger partial charge in [0.15, 0.2) is 6.61 Å². The predicted molar refractivity (Wildman–Crippen MR) is 89.5 cm³/mol. The first kappa shape index (κ1) is 19.6. The molecule has 8 heteroatoms. The topological polar surface area (TPSA) is 74.3 Å². The molecule has 0 unspecified atom stereocenters. The number of ketones is 1. The average Bonchev–Trinajstić information content (AvgIpc) is 2.79. The molecule has 2 aromatic rings. The van der Waals surface area contributed by atoms with Crippen LogP contribution in [0.3, 0.4) is 0 Å². The van der Waals surface area contributed by atoms with Crippen LogP contribution >= 0.6 is 0 Å². The number of carbonyl (C=O) groups is 2. The maximum absolute atomic E-state index is 12.7. The summed E-state index contributed by atoms with van der Waals surface area (Å²) in [6.45, 7) is 3.16. The summed E-state index contributed by atoms with van der Waals surface area (Å²) in [4.78, 5) is 23.8. The summed E-state index contributed by atoms with van der Waals surface area (Å²) >= 11 is 0. The summed E-state index contributed by atoms with van der Waals surface area (Å²) in [5, 5.41) is 0. The van der Waals surface area contributed by atoms with Crippen molar-refractivity contribution in [3.63, 3.8) is 0 Å². The monoisotopic (exact) mass is 368 g/mol. The van der Waals surface area contributed by atoms with Gasteiger partial charge in [0, 0.05) is 17.0 Å². The lowest BCUT2D eigenvalue weighted by Gasteiger charge is -2.13. The average molecular weight is 368 g/mol. The number of hydrogen-bond donors (Lipinski definition) is 1. The third-order valence-corrected chi connectivity index (χ3v) is 3.97. The van der Waals surface area contributed by atoms with Crippen molar-refractivity contribution < 1.29 is 27.5 Å². The highest BCUT2D eigenvalue weighted by molar-refractivity contribution is 5.99. The van der Waals surface area contributed by atoms with Gasteiger partial charge in [-0.3, -0.25) is 9.59 Å². The molecule has 0 atom stereocenters. The number of carbonyl (C=O) groups excluding carboxylic acids is 2. The number of halogens is 3. The number of primary amides is 1. The smallest absolute Gasteiger partial charge is 0.406 e. The number of alkyl halides is 3. The van der Waals surface area contributed by atoms with Crippen molar-refractivity contribution in [2.24, 2.45) is 5.73 Å². The Morgan fingerprint density at radius 1 is 1.12 bits per heavy atom. The summed E-state index contributed by atoms with van der Waals surface area (Å²) in [6.07, 6.45) is -4.39. The van der Waals surface area contributed by atoms with Gasteiger partial charge in [0.05, 0.1) is 5.56 Å². The molecule has 0 spiro atoms. The standard InChI is InChI=1S/C18H19F3N2O3/c1-10-4-5-13(17(22)25)16(6-10)26-8-15(24)14-7-11(2)23(12(14)3)9-18(19,20)21/h4-7H,8-9H2,1-3H3,(H2,22,25). The van der Waals surface area contributed by atoms with Gasteiger partial charge in [-0.15, -0.1) is 0 Å². The summed E-state index contributed by atoms with van der Waals surface area (Å²) in [7, 11) is 0. The fourth-order valence-corrected chi connectivity index (χ4v) is 2.68. The van der Waals surface area contributed by atoms with E-state index < -0.39 is 31.0 Å². The second-order valence-corrected chi connectivity index (χ2v) is 6.06. The molecule has 1 aromatic heterocycles. The van der Waals surface area contributed by atoms with Crippen molar-refractivity contribution >= 4 is 11.7 Å². The van der Waals surface area contributed by atoms with E-state index in [1.807, 2.05) is 0 Å². The van der Waals surface area contributed by atoms with Crippen LogP contribution in [0.25, 0.3) is 0 Å². The Balaban J connectivity index is 2.21. The Morgan fingerprint density at radius 2 is 1.77 bits per heavy atom. The molecule has 0 bridgehead atoms. The number of amides is 1. The molecular weight excluding hydrogens is 349 g/mol. The Hall–Kier alpha value is -2.77. The summed E-state index contributed by atoms with van der Waals surface area (Å²) in [5.41, 5.74) is 6.91. The van der Waals surface area contributed by atoms with Crippen LogP contribution in [-0.2, 0) is 6.54 Å². The largest absolute Gasteiger partial charge is 0.485 e. The molecular formula is C18H19F3N2O3. The van der Waals surface area contributed by atoms with E-state index in [1.54, 1.807) is 19.1 Å². The molecule has 5 nitrogen and oxygen atoms in total. The molecule has 0 aliphatic rings. The first-order valence-electron chi connectivity index (χ1n) is 7.79. The van der Waals surface area contributed by atoms with Crippen molar-refractivity contribution in [3.05, 3.63) is 52.3 Å². The third-order valence-electron chi connectivity index (χ3n) is 3.97. The molecule has 1 aromatic carbocycles. The number of ether oxygens (including phenoxy) is 1. The second kappa shape index (κ2) is 7.23. The molecule has 140 valence electrons. The molecule has 0 aliphatic carbocycles. The minimum atomic E-state index is -4.39. The van der Waals surface area contributed by atoms with Gasteiger partial charge >= 0.3 is 6.18 Å². The Labute approximate surface area is 148 Å². The minimum absolute atomic E-state index is 0.131. The van der Waals surface area contributed by atoms with Gasteiger partial charge in [-0.05, 0) is 44.5 Å². The fraction of sp³-hybridized carbons (Fsp3) is 0.333. The third kappa shape index (κ3) is 4.44. The van der Waals surface area contributed by atoms with E-state index in [4.69, 9.17) is 10.5 Å². The Kier molecular flexibility index (Phi) is 5.44. The van der Waals surface area contributed by atoms with Gasteiger partial charge in [-0.1, -0.05) is 6.07 Å². The predicted octanol–water partition coefficient (Wildman–Crippen LogP) is 3.34. The minimum Gasteiger partial charge on any atom is -0.485 e. The molecule has 0 fully saturated rings. The summed E-state index contributed by atoms with van der Waals surface area (Å²) in [5.74, 6) is -1.02. The normalized spacial score (nSPS) is 11.5. The van der Waals surface area contributed by atoms with E-state index >= 15 is 0 Å². The maximum Gasteiger partial charge on any atom is 0.406 e. The number of rotatable bonds is 6. The molecule has 0 aliphatic heterocycles. The van der Waals surface area contributed by atoms with Gasteiger partial charge in [0.25, 0.3) is 5.91 Å². The molecule has 1 heterocycles. The van der Waals surface area contributed by atoms with E-state index in [1.165, 1.54) is 26.0 Å². The highest BCUT2D eigenvalue weighted by Gasteiger charge is 2.30. The number of aromatic nitrogens is 1. The van der Waals surface area contributed by atoms with Crippen LogP contribution in [-0.4, -0.2) is 29.0 Å². The highest BCUT2D eigenvalue weighted by Crippen LogP contribution is 2.24. The zero-order chi connectivity index (χ0) is 19.6. The number of nitrogens with zero attached hydrogens (tertiary/aromatic N) is 1. The molecule has 1 amide bonds.